The zero-order chi connectivity index (χ0) is 17.7. The van der Waals surface area contributed by atoms with Crippen LogP contribution in [0.1, 0.15) is 29.8 Å². The molecular formula is C18H17ClFNO3. The van der Waals surface area contributed by atoms with Crippen LogP contribution in [0.5, 0.6) is 0 Å². The molecule has 6 heteroatoms. The minimum atomic E-state index is -1.10. The highest BCUT2D eigenvalue weighted by Gasteiger charge is 2.23. The molecule has 0 unspecified atom stereocenters. The molecule has 0 aromatic heterocycles. The molecular weight excluding hydrogens is 333 g/mol. The van der Waals surface area contributed by atoms with Gasteiger partial charge in [-0.1, -0.05) is 36.7 Å². The average Bonchev–Trinajstić information content (AvgIpc) is 2.55. The number of hydrogen-bond acceptors (Lipinski definition) is 3. The van der Waals surface area contributed by atoms with E-state index in [-0.39, 0.29) is 10.6 Å². The van der Waals surface area contributed by atoms with Crippen LogP contribution in [-0.2, 0) is 16.0 Å². The fourth-order valence-corrected chi connectivity index (χ4v) is 2.27. The molecule has 4 nitrogen and oxygen atoms in total. The van der Waals surface area contributed by atoms with Crippen LogP contribution in [-0.4, -0.2) is 18.0 Å². The summed E-state index contributed by atoms with van der Waals surface area (Å²) in [5.41, 5.74) is 1.34. The van der Waals surface area contributed by atoms with Gasteiger partial charge in [-0.15, -0.1) is 0 Å². The van der Waals surface area contributed by atoms with E-state index in [2.05, 4.69) is 5.32 Å². The van der Waals surface area contributed by atoms with Gasteiger partial charge in [0.1, 0.15) is 11.4 Å². The van der Waals surface area contributed by atoms with Gasteiger partial charge in [-0.25, -0.2) is 9.18 Å². The van der Waals surface area contributed by atoms with Gasteiger partial charge in [0, 0.05) is 5.69 Å². The van der Waals surface area contributed by atoms with E-state index in [0.717, 1.165) is 18.1 Å². The maximum Gasteiger partial charge on any atom is 0.343 e. The van der Waals surface area contributed by atoms with Crippen LogP contribution in [0.2, 0.25) is 5.02 Å². The van der Waals surface area contributed by atoms with E-state index < -0.39 is 23.8 Å². The molecule has 24 heavy (non-hydrogen) atoms. The number of esters is 1. The Morgan fingerprint density at radius 1 is 1.21 bits per heavy atom. The Morgan fingerprint density at radius 3 is 2.46 bits per heavy atom. The summed E-state index contributed by atoms with van der Waals surface area (Å²) in [5, 5.41) is 2.57. The van der Waals surface area contributed by atoms with E-state index in [1.165, 1.54) is 19.1 Å². The number of benzene rings is 2. The first kappa shape index (κ1) is 17.9. The van der Waals surface area contributed by atoms with Crippen LogP contribution in [0.25, 0.3) is 0 Å². The summed E-state index contributed by atoms with van der Waals surface area (Å²) in [6, 6.07) is 11.2. The van der Waals surface area contributed by atoms with Crippen molar-refractivity contribution in [2.45, 2.75) is 26.4 Å². The Morgan fingerprint density at radius 2 is 1.88 bits per heavy atom. The van der Waals surface area contributed by atoms with E-state index in [0.29, 0.717) is 5.69 Å². The molecule has 0 radical (unpaired) electrons. The minimum Gasteiger partial charge on any atom is -0.449 e. The third kappa shape index (κ3) is 4.32. The molecule has 0 saturated carbocycles. The highest BCUT2D eigenvalue weighted by atomic mass is 35.5. The van der Waals surface area contributed by atoms with Crippen molar-refractivity contribution in [3.05, 3.63) is 64.4 Å². The molecule has 2 aromatic rings. The van der Waals surface area contributed by atoms with Crippen LogP contribution in [0.15, 0.2) is 42.5 Å². The molecule has 0 saturated heterocycles. The summed E-state index contributed by atoms with van der Waals surface area (Å²) in [7, 11) is 0. The summed E-state index contributed by atoms with van der Waals surface area (Å²) in [6.45, 7) is 3.44. The van der Waals surface area contributed by atoms with E-state index in [4.69, 9.17) is 16.3 Å². The SMILES string of the molecule is CCc1ccc(NC(=O)[C@H](C)OC(=O)c2c(F)cccc2Cl)cc1. The predicted octanol–water partition coefficient (Wildman–Crippen LogP) is 4.23. The fourth-order valence-electron chi connectivity index (χ4n) is 2.03. The molecule has 0 fully saturated rings. The van der Waals surface area contributed by atoms with Crippen molar-refractivity contribution < 1.29 is 18.7 Å². The molecule has 0 bridgehead atoms. The minimum absolute atomic E-state index is 0.0669. The monoisotopic (exact) mass is 349 g/mol. The Hall–Kier alpha value is -2.40. The Labute approximate surface area is 144 Å². The van der Waals surface area contributed by atoms with Gasteiger partial charge >= 0.3 is 5.97 Å². The number of anilines is 1. The summed E-state index contributed by atoms with van der Waals surface area (Å²) in [4.78, 5) is 24.1. The van der Waals surface area contributed by atoms with Crippen LogP contribution in [0.3, 0.4) is 0 Å². The van der Waals surface area contributed by atoms with Crippen LogP contribution in [0.4, 0.5) is 10.1 Å². The normalized spacial score (nSPS) is 11.7. The number of ether oxygens (including phenoxy) is 1. The highest BCUT2D eigenvalue weighted by molar-refractivity contribution is 6.33. The first-order chi connectivity index (χ1) is 11.4. The summed E-state index contributed by atoms with van der Waals surface area (Å²) in [5.74, 6) is -2.29. The van der Waals surface area contributed by atoms with Crippen molar-refractivity contribution in [1.29, 1.82) is 0 Å². The van der Waals surface area contributed by atoms with Gasteiger partial charge in [0.25, 0.3) is 5.91 Å². The average molecular weight is 350 g/mol. The largest absolute Gasteiger partial charge is 0.449 e. The molecule has 1 atom stereocenters. The third-order valence-corrected chi connectivity index (χ3v) is 3.76. The quantitative estimate of drug-likeness (QED) is 0.822. The Kier molecular flexibility index (Phi) is 5.93. The van der Waals surface area contributed by atoms with E-state index in [1.54, 1.807) is 12.1 Å². The van der Waals surface area contributed by atoms with Gasteiger partial charge in [0.2, 0.25) is 0 Å². The lowest BCUT2D eigenvalue weighted by Crippen LogP contribution is -2.30. The summed E-state index contributed by atoms with van der Waals surface area (Å²) < 4.78 is 18.7. The zero-order valence-electron chi connectivity index (χ0n) is 13.3. The smallest absolute Gasteiger partial charge is 0.343 e. The molecule has 1 N–H and O–H groups in total. The Balaban J connectivity index is 2.01. The lowest BCUT2D eigenvalue weighted by atomic mass is 10.1. The summed E-state index contributed by atoms with van der Waals surface area (Å²) in [6.07, 6.45) is -0.204. The van der Waals surface area contributed by atoms with E-state index in [1.807, 2.05) is 19.1 Å². The first-order valence-electron chi connectivity index (χ1n) is 7.47. The number of nitrogens with one attached hydrogen (secondary N) is 1. The van der Waals surface area contributed by atoms with Crippen molar-refractivity contribution in [3.8, 4) is 0 Å². The highest BCUT2D eigenvalue weighted by Crippen LogP contribution is 2.20. The van der Waals surface area contributed by atoms with Crippen LogP contribution in [0, 0.1) is 5.82 Å². The number of hydrogen-bond donors (Lipinski definition) is 1. The Bertz CT molecular complexity index is 726. The molecule has 0 heterocycles. The number of halogens is 2. The van der Waals surface area contributed by atoms with Crippen molar-refractivity contribution in [2.75, 3.05) is 5.32 Å². The van der Waals surface area contributed by atoms with E-state index in [9.17, 15) is 14.0 Å². The maximum absolute atomic E-state index is 13.7. The van der Waals surface area contributed by atoms with Gasteiger partial charge < -0.3 is 10.1 Å². The van der Waals surface area contributed by atoms with E-state index >= 15 is 0 Å². The van der Waals surface area contributed by atoms with Crippen molar-refractivity contribution in [2.24, 2.45) is 0 Å². The zero-order valence-corrected chi connectivity index (χ0v) is 14.1. The first-order valence-corrected chi connectivity index (χ1v) is 7.85. The molecule has 0 aliphatic rings. The number of aryl methyl sites for hydroxylation is 1. The second kappa shape index (κ2) is 7.93. The fraction of sp³-hybridized carbons (Fsp3) is 0.222. The third-order valence-electron chi connectivity index (χ3n) is 3.45. The maximum atomic E-state index is 13.7. The molecule has 126 valence electrons. The van der Waals surface area contributed by atoms with Crippen molar-refractivity contribution in [1.82, 2.24) is 0 Å². The van der Waals surface area contributed by atoms with Crippen molar-refractivity contribution >= 4 is 29.2 Å². The van der Waals surface area contributed by atoms with Gasteiger partial charge in [-0.05, 0) is 43.2 Å². The second-order valence-corrected chi connectivity index (χ2v) is 5.59. The van der Waals surface area contributed by atoms with Gasteiger partial charge in [-0.3, -0.25) is 4.79 Å². The second-order valence-electron chi connectivity index (χ2n) is 5.18. The molecule has 1 amide bonds. The molecule has 0 aliphatic carbocycles. The molecule has 2 rings (SSSR count). The number of rotatable bonds is 5. The molecule has 0 aliphatic heterocycles. The van der Waals surface area contributed by atoms with Crippen molar-refractivity contribution in [3.63, 3.8) is 0 Å². The number of amides is 1. The van der Waals surface area contributed by atoms with Crippen LogP contribution >= 0.6 is 11.6 Å². The van der Waals surface area contributed by atoms with Gasteiger partial charge in [-0.2, -0.15) is 0 Å². The molecule has 0 spiro atoms. The lowest BCUT2D eigenvalue weighted by Gasteiger charge is -2.14. The lowest BCUT2D eigenvalue weighted by molar-refractivity contribution is -0.123. The molecule has 2 aromatic carbocycles. The van der Waals surface area contributed by atoms with Crippen LogP contribution < -0.4 is 5.32 Å². The number of carbonyl (C=O) groups is 2. The number of carbonyl (C=O) groups excluding carboxylic acids is 2. The predicted molar refractivity (Wildman–Crippen MR) is 90.7 cm³/mol. The van der Waals surface area contributed by atoms with Gasteiger partial charge in [0.15, 0.2) is 6.10 Å². The topological polar surface area (TPSA) is 55.4 Å². The summed E-state index contributed by atoms with van der Waals surface area (Å²) >= 11 is 5.80. The van der Waals surface area contributed by atoms with Gasteiger partial charge in [0.05, 0.1) is 5.02 Å². The standard InChI is InChI=1S/C18H17ClFNO3/c1-3-12-7-9-13(10-8-12)21-17(22)11(2)24-18(23)16-14(19)5-4-6-15(16)20/h4-11H,3H2,1-2H3,(H,21,22)/t11-/m0/s1.